The number of ketones is 1. The molecule has 25 heavy (non-hydrogen) atoms. The summed E-state index contributed by atoms with van der Waals surface area (Å²) < 4.78 is 0. The topological polar surface area (TPSA) is 54.4 Å². The first-order chi connectivity index (χ1) is 12.1. The van der Waals surface area contributed by atoms with E-state index < -0.39 is 5.97 Å². The fourth-order valence-electron chi connectivity index (χ4n) is 3.07. The van der Waals surface area contributed by atoms with Crippen LogP contribution in [0.3, 0.4) is 0 Å². The molecule has 0 saturated heterocycles. The quantitative estimate of drug-likeness (QED) is 0.355. The Balaban J connectivity index is 2.41. The molecule has 1 aliphatic carbocycles. The first-order valence-corrected chi connectivity index (χ1v) is 9.46. The van der Waals surface area contributed by atoms with Gasteiger partial charge in [-0.1, -0.05) is 56.2 Å². The van der Waals surface area contributed by atoms with Crippen LogP contribution in [0.4, 0.5) is 0 Å². The number of hydrogen-bond acceptors (Lipinski definition) is 2. The molecule has 3 heteroatoms. The van der Waals surface area contributed by atoms with Crippen LogP contribution in [-0.4, -0.2) is 16.9 Å². The maximum atomic E-state index is 12.0. The Bertz CT molecular complexity index is 513. The second kappa shape index (κ2) is 12.5. The average molecular weight is 344 g/mol. The number of carbonyl (C=O) groups is 2. The predicted molar refractivity (Wildman–Crippen MR) is 103 cm³/mol. The predicted octanol–water partition coefficient (Wildman–Crippen LogP) is 5.50. The zero-order valence-corrected chi connectivity index (χ0v) is 15.4. The van der Waals surface area contributed by atoms with Gasteiger partial charge < -0.3 is 5.11 Å². The lowest BCUT2D eigenvalue weighted by atomic mass is 9.90. The molecule has 0 heterocycles. The molecule has 0 bridgehead atoms. The van der Waals surface area contributed by atoms with E-state index in [9.17, 15) is 9.59 Å². The highest BCUT2D eigenvalue weighted by Crippen LogP contribution is 2.28. The van der Waals surface area contributed by atoms with Gasteiger partial charge in [-0.15, -0.1) is 6.58 Å². The first-order valence-electron chi connectivity index (χ1n) is 9.46. The van der Waals surface area contributed by atoms with Gasteiger partial charge >= 0.3 is 5.97 Å². The van der Waals surface area contributed by atoms with E-state index in [1.807, 2.05) is 24.3 Å². The van der Waals surface area contributed by atoms with Gasteiger partial charge in [0.25, 0.3) is 0 Å². The van der Waals surface area contributed by atoms with E-state index in [2.05, 4.69) is 25.7 Å². The monoisotopic (exact) mass is 344 g/mol. The van der Waals surface area contributed by atoms with Crippen molar-refractivity contribution in [3.8, 4) is 0 Å². The summed E-state index contributed by atoms with van der Waals surface area (Å²) in [6.07, 6.45) is 21.0. The molecule has 1 rings (SSSR count). The zero-order valence-electron chi connectivity index (χ0n) is 15.4. The molecule has 138 valence electrons. The van der Waals surface area contributed by atoms with Gasteiger partial charge in [0, 0.05) is 18.3 Å². The molecule has 3 atom stereocenters. The Kier molecular flexibility index (Phi) is 10.5. The van der Waals surface area contributed by atoms with E-state index in [-0.39, 0.29) is 24.0 Å². The van der Waals surface area contributed by atoms with Crippen LogP contribution < -0.4 is 0 Å². The van der Waals surface area contributed by atoms with Gasteiger partial charge in [-0.05, 0) is 44.1 Å². The third kappa shape index (κ3) is 8.67. The van der Waals surface area contributed by atoms with Crippen LogP contribution in [-0.2, 0) is 9.59 Å². The summed E-state index contributed by atoms with van der Waals surface area (Å²) in [7, 11) is 0. The smallest absolute Gasteiger partial charge is 0.303 e. The molecule has 0 radical (unpaired) electrons. The lowest BCUT2D eigenvalue weighted by Crippen LogP contribution is -2.13. The molecule has 0 aromatic rings. The minimum absolute atomic E-state index is 0.00945. The molecular formula is C22H32O3. The number of carboxylic acids is 1. The van der Waals surface area contributed by atoms with E-state index in [0.29, 0.717) is 18.8 Å². The molecule has 0 aliphatic heterocycles. The van der Waals surface area contributed by atoms with Crippen LogP contribution in [0.2, 0.25) is 0 Å². The summed E-state index contributed by atoms with van der Waals surface area (Å²) in [5, 5.41) is 8.61. The molecule has 0 spiro atoms. The van der Waals surface area contributed by atoms with E-state index in [1.165, 1.54) is 19.3 Å². The Morgan fingerprint density at radius 1 is 1.32 bits per heavy atom. The third-order valence-corrected chi connectivity index (χ3v) is 4.69. The highest BCUT2D eigenvalue weighted by atomic mass is 16.4. The molecular weight excluding hydrogens is 312 g/mol. The van der Waals surface area contributed by atoms with Crippen molar-refractivity contribution < 1.29 is 14.7 Å². The van der Waals surface area contributed by atoms with Gasteiger partial charge in [0.15, 0.2) is 5.78 Å². The van der Waals surface area contributed by atoms with Crippen molar-refractivity contribution in [2.75, 3.05) is 0 Å². The number of unbranched alkanes of at least 4 members (excludes halogenated alkanes) is 2. The standard InChI is InChI=1S/C22H32O3/c1-3-5-11-18(4-2)12-10-13-19-16-17-21(23)20(19)14-8-6-7-9-15-22(24)25/h4,6,8,10,13,16-20H,2-3,5,7,9,11-12,14-15H2,1H3,(H,24,25)/b8-6-,13-10?/t18?,19-,20+/m0/s1. The minimum Gasteiger partial charge on any atom is -0.481 e. The molecule has 0 amide bonds. The van der Waals surface area contributed by atoms with Crippen LogP contribution in [0.5, 0.6) is 0 Å². The molecule has 1 aliphatic rings. The molecule has 0 aromatic carbocycles. The van der Waals surface area contributed by atoms with Crippen molar-refractivity contribution in [1.82, 2.24) is 0 Å². The summed E-state index contributed by atoms with van der Waals surface area (Å²) >= 11 is 0. The highest BCUT2D eigenvalue weighted by Gasteiger charge is 2.26. The minimum atomic E-state index is -0.759. The van der Waals surface area contributed by atoms with Gasteiger partial charge in [0.05, 0.1) is 0 Å². The van der Waals surface area contributed by atoms with E-state index in [0.717, 1.165) is 12.8 Å². The van der Waals surface area contributed by atoms with E-state index >= 15 is 0 Å². The summed E-state index contributed by atoms with van der Waals surface area (Å²) in [6, 6.07) is 0. The summed E-state index contributed by atoms with van der Waals surface area (Å²) in [6.45, 7) is 6.12. The molecule has 3 nitrogen and oxygen atoms in total. The van der Waals surface area contributed by atoms with Gasteiger partial charge in [-0.25, -0.2) is 0 Å². The molecule has 1 N–H and O–H groups in total. The number of rotatable bonds is 13. The van der Waals surface area contributed by atoms with Crippen LogP contribution >= 0.6 is 0 Å². The third-order valence-electron chi connectivity index (χ3n) is 4.69. The van der Waals surface area contributed by atoms with E-state index in [1.54, 1.807) is 6.08 Å². The van der Waals surface area contributed by atoms with Crippen LogP contribution in [0.1, 0.15) is 58.3 Å². The maximum absolute atomic E-state index is 12.0. The second-order valence-electron chi connectivity index (χ2n) is 6.74. The largest absolute Gasteiger partial charge is 0.481 e. The Morgan fingerprint density at radius 2 is 2.12 bits per heavy atom. The molecule has 0 fully saturated rings. The second-order valence-corrected chi connectivity index (χ2v) is 6.74. The van der Waals surface area contributed by atoms with Crippen molar-refractivity contribution in [2.24, 2.45) is 17.8 Å². The van der Waals surface area contributed by atoms with Crippen molar-refractivity contribution in [3.05, 3.63) is 49.1 Å². The Morgan fingerprint density at radius 3 is 2.80 bits per heavy atom. The van der Waals surface area contributed by atoms with E-state index in [4.69, 9.17) is 5.11 Å². The SMILES string of the molecule is C=CC(CC=C[C@H]1C=CC(=O)[C@@H]1C/C=C\CCCC(=O)O)CCCC. The van der Waals surface area contributed by atoms with Crippen LogP contribution in [0.25, 0.3) is 0 Å². The van der Waals surface area contributed by atoms with Crippen LogP contribution in [0.15, 0.2) is 49.1 Å². The Labute approximate surface area is 152 Å². The molecule has 0 saturated carbocycles. The first kappa shape index (κ1) is 21.1. The number of allylic oxidation sites excluding steroid dienone is 7. The summed E-state index contributed by atoms with van der Waals surface area (Å²) in [4.78, 5) is 22.5. The lowest BCUT2D eigenvalue weighted by molar-refractivity contribution is -0.137. The van der Waals surface area contributed by atoms with Crippen molar-refractivity contribution in [2.45, 2.75) is 58.3 Å². The normalized spacial score (nSPS) is 21.4. The number of carboxylic acid groups (broad SMARTS) is 1. The maximum Gasteiger partial charge on any atom is 0.303 e. The van der Waals surface area contributed by atoms with Crippen molar-refractivity contribution in [3.63, 3.8) is 0 Å². The number of carbonyl (C=O) groups excluding carboxylic acids is 1. The summed E-state index contributed by atoms with van der Waals surface area (Å²) in [5.74, 6) is 0.115. The Hall–Kier alpha value is -1.90. The fourth-order valence-corrected chi connectivity index (χ4v) is 3.07. The average Bonchev–Trinajstić information content (AvgIpc) is 2.94. The fraction of sp³-hybridized carbons (Fsp3) is 0.545. The molecule has 1 unspecified atom stereocenters. The van der Waals surface area contributed by atoms with Crippen molar-refractivity contribution >= 4 is 11.8 Å². The summed E-state index contributed by atoms with van der Waals surface area (Å²) in [5.41, 5.74) is 0. The molecule has 0 aromatic heterocycles. The van der Waals surface area contributed by atoms with Crippen LogP contribution in [0, 0.1) is 17.8 Å². The van der Waals surface area contributed by atoms with Gasteiger partial charge in [0.1, 0.15) is 0 Å². The lowest BCUT2D eigenvalue weighted by Gasteiger charge is -2.13. The number of hydrogen-bond donors (Lipinski definition) is 1. The number of aliphatic carboxylic acids is 1. The van der Waals surface area contributed by atoms with Crippen molar-refractivity contribution in [1.29, 1.82) is 0 Å². The van der Waals surface area contributed by atoms with Gasteiger partial charge in [-0.2, -0.15) is 0 Å². The zero-order chi connectivity index (χ0) is 18.5. The highest BCUT2D eigenvalue weighted by molar-refractivity contribution is 5.95. The van der Waals surface area contributed by atoms with Gasteiger partial charge in [0.2, 0.25) is 0 Å². The van der Waals surface area contributed by atoms with Gasteiger partial charge in [-0.3, -0.25) is 9.59 Å².